The molecule has 0 spiro atoms. The van der Waals surface area contributed by atoms with Crippen LogP contribution in [0.15, 0.2) is 109 Å². The Morgan fingerprint density at radius 2 is 0.687 bits per heavy atom. The van der Waals surface area contributed by atoms with Gasteiger partial charge in [0.1, 0.15) is 13.2 Å². The second-order valence-electron chi connectivity index (χ2n) is 17.8. The molecule has 6 nitrogen and oxygen atoms in total. The third kappa shape index (κ3) is 52.9. The fourth-order valence-corrected chi connectivity index (χ4v) is 7.29. The topological polar surface area (TPSA) is 78.9 Å². The zero-order valence-corrected chi connectivity index (χ0v) is 43.4. The monoisotopic (exact) mass is 929 g/mol. The summed E-state index contributed by atoms with van der Waals surface area (Å²) >= 11 is 0. The number of rotatable bonds is 48. The molecule has 0 rings (SSSR count). The molecule has 0 heterocycles. The minimum absolute atomic E-state index is 0.106. The predicted molar refractivity (Wildman–Crippen MR) is 288 cm³/mol. The van der Waals surface area contributed by atoms with Crippen molar-refractivity contribution >= 4 is 17.9 Å². The van der Waals surface area contributed by atoms with E-state index in [0.29, 0.717) is 19.3 Å². The summed E-state index contributed by atoms with van der Waals surface area (Å²) in [5, 5.41) is 0. The zero-order valence-electron chi connectivity index (χ0n) is 43.4. The molecule has 0 aliphatic rings. The maximum absolute atomic E-state index is 12.8. The molecule has 67 heavy (non-hydrogen) atoms. The van der Waals surface area contributed by atoms with Crippen molar-refractivity contribution in [2.75, 3.05) is 13.2 Å². The molecule has 0 saturated carbocycles. The molecule has 1 atom stereocenters. The number of hydrogen-bond donors (Lipinski definition) is 0. The van der Waals surface area contributed by atoms with Crippen molar-refractivity contribution in [3.05, 3.63) is 109 Å². The van der Waals surface area contributed by atoms with E-state index >= 15 is 0 Å². The van der Waals surface area contributed by atoms with Crippen molar-refractivity contribution in [2.24, 2.45) is 0 Å². The van der Waals surface area contributed by atoms with Gasteiger partial charge in [-0.1, -0.05) is 252 Å². The number of hydrogen-bond acceptors (Lipinski definition) is 6. The lowest BCUT2D eigenvalue weighted by Crippen LogP contribution is -2.30. The van der Waals surface area contributed by atoms with E-state index in [1.54, 1.807) is 0 Å². The largest absolute Gasteiger partial charge is 0.462 e. The number of carbonyl (C=O) groups excluding carboxylic acids is 3. The van der Waals surface area contributed by atoms with Crippen LogP contribution < -0.4 is 0 Å². The Bertz CT molecular complexity index is 1390. The van der Waals surface area contributed by atoms with Crippen LogP contribution in [0.1, 0.15) is 239 Å². The first-order valence-electron chi connectivity index (χ1n) is 27.4. The van der Waals surface area contributed by atoms with Gasteiger partial charge in [0.25, 0.3) is 0 Å². The van der Waals surface area contributed by atoms with Gasteiger partial charge in [0, 0.05) is 19.3 Å². The van der Waals surface area contributed by atoms with Crippen LogP contribution in [0.4, 0.5) is 0 Å². The lowest BCUT2D eigenvalue weighted by Gasteiger charge is -2.18. The lowest BCUT2D eigenvalue weighted by molar-refractivity contribution is -0.166. The molecule has 0 aromatic heterocycles. The number of carbonyl (C=O) groups is 3. The quantitative estimate of drug-likeness (QED) is 0.0199. The molecule has 0 fully saturated rings. The molecule has 0 aliphatic carbocycles. The second kappa shape index (κ2) is 54.7. The van der Waals surface area contributed by atoms with Crippen molar-refractivity contribution < 1.29 is 28.6 Å². The van der Waals surface area contributed by atoms with Crippen LogP contribution >= 0.6 is 0 Å². The summed E-state index contributed by atoms with van der Waals surface area (Å²) in [7, 11) is 0. The van der Waals surface area contributed by atoms with E-state index in [9.17, 15) is 14.4 Å². The first-order valence-corrected chi connectivity index (χ1v) is 27.4. The van der Waals surface area contributed by atoms with Gasteiger partial charge in [-0.2, -0.15) is 0 Å². The Morgan fingerprint density at radius 1 is 0.328 bits per heavy atom. The molecule has 0 bridgehead atoms. The Hall–Kier alpha value is -3.93. The highest BCUT2D eigenvalue weighted by Crippen LogP contribution is 2.15. The number of esters is 3. The van der Waals surface area contributed by atoms with E-state index in [2.05, 4.69) is 124 Å². The fourth-order valence-electron chi connectivity index (χ4n) is 7.29. The van der Waals surface area contributed by atoms with Gasteiger partial charge in [-0.15, -0.1) is 0 Å². The normalized spacial score (nSPS) is 12.9. The molecule has 0 aromatic carbocycles. The number of ether oxygens (including phenoxy) is 3. The second-order valence-corrected chi connectivity index (χ2v) is 17.8. The van der Waals surface area contributed by atoms with Crippen LogP contribution in [0.2, 0.25) is 0 Å². The standard InChI is InChI=1S/C61H100O6/c1-4-7-10-13-16-19-22-25-28-29-30-31-34-36-39-42-45-48-51-54-60(63)66-57-58(67-61(64)55-52-49-46-43-40-37-33-27-24-21-18-15-12-9-6-3)56-65-59(62)53-50-47-44-41-38-35-32-26-23-20-17-14-11-8-5-2/h7,9-10,12,15-16,18-19,21,24-25,28,30-31,36,39,45,48,58H,4-6,8,11,13-14,17,20,22-23,26-27,29,32-35,37-38,40-44,46-47,49-57H2,1-3H3/b10-7-,12-9-,18-15-,19-16-,24-21-,28-25-,31-30-,39-36-,48-45-. The van der Waals surface area contributed by atoms with E-state index in [0.717, 1.165) is 96.3 Å². The fraction of sp³-hybridized carbons (Fsp3) is 0.656. The summed E-state index contributed by atoms with van der Waals surface area (Å²) in [5.74, 6) is -1.01. The molecule has 0 aromatic rings. The van der Waals surface area contributed by atoms with Crippen LogP contribution in [0.25, 0.3) is 0 Å². The molecular formula is C61H100O6. The maximum atomic E-state index is 12.8. The van der Waals surface area contributed by atoms with Crippen molar-refractivity contribution in [3.8, 4) is 0 Å². The van der Waals surface area contributed by atoms with Crippen LogP contribution in [0.3, 0.4) is 0 Å². The van der Waals surface area contributed by atoms with Gasteiger partial charge in [0.2, 0.25) is 0 Å². The van der Waals surface area contributed by atoms with Crippen molar-refractivity contribution in [3.63, 3.8) is 0 Å². The Kier molecular flexibility index (Phi) is 51.5. The van der Waals surface area contributed by atoms with Gasteiger partial charge < -0.3 is 14.2 Å². The number of unbranched alkanes of at least 4 members (excludes halogenated alkanes) is 21. The smallest absolute Gasteiger partial charge is 0.306 e. The van der Waals surface area contributed by atoms with Gasteiger partial charge >= 0.3 is 17.9 Å². The predicted octanol–water partition coefficient (Wildman–Crippen LogP) is 18.3. The SMILES string of the molecule is CC\C=C/C=C\C=C/CCCCCCCCCC(=O)OC(COC(=O)CC/C=C\C/C=C\C/C=C\C/C=C\C/C=C\C/C=C\CC)COC(=O)CCCCCCCCCCCCCCCCC. The Labute approximate surface area is 412 Å². The third-order valence-corrected chi connectivity index (χ3v) is 11.3. The highest BCUT2D eigenvalue weighted by molar-refractivity contribution is 5.71. The van der Waals surface area contributed by atoms with E-state index < -0.39 is 6.10 Å². The van der Waals surface area contributed by atoms with Gasteiger partial charge in [0.15, 0.2) is 6.10 Å². The Morgan fingerprint density at radius 3 is 1.13 bits per heavy atom. The number of allylic oxidation sites excluding steroid dienone is 18. The molecule has 6 heteroatoms. The summed E-state index contributed by atoms with van der Waals surface area (Å²) < 4.78 is 16.8. The minimum atomic E-state index is -0.815. The van der Waals surface area contributed by atoms with Gasteiger partial charge in [-0.3, -0.25) is 14.4 Å². The van der Waals surface area contributed by atoms with E-state index in [1.165, 1.54) is 96.3 Å². The molecule has 0 aliphatic heterocycles. The van der Waals surface area contributed by atoms with E-state index in [-0.39, 0.29) is 37.5 Å². The first kappa shape index (κ1) is 63.1. The minimum Gasteiger partial charge on any atom is -0.462 e. The van der Waals surface area contributed by atoms with Crippen molar-refractivity contribution in [1.82, 2.24) is 0 Å². The summed E-state index contributed by atoms with van der Waals surface area (Å²) in [5.41, 5.74) is 0. The average molecular weight is 929 g/mol. The molecule has 0 saturated heterocycles. The van der Waals surface area contributed by atoms with Gasteiger partial charge in [0.05, 0.1) is 0 Å². The summed E-state index contributed by atoms with van der Waals surface area (Å²) in [4.78, 5) is 38.1. The summed E-state index contributed by atoms with van der Waals surface area (Å²) in [6.07, 6.45) is 73.7. The molecule has 0 N–H and O–H groups in total. The van der Waals surface area contributed by atoms with Crippen LogP contribution in [0.5, 0.6) is 0 Å². The summed E-state index contributed by atoms with van der Waals surface area (Å²) in [6, 6.07) is 0. The van der Waals surface area contributed by atoms with Gasteiger partial charge in [-0.05, 0) is 77.0 Å². The maximum Gasteiger partial charge on any atom is 0.306 e. The van der Waals surface area contributed by atoms with E-state index in [1.807, 2.05) is 6.08 Å². The molecular weight excluding hydrogens is 829 g/mol. The highest BCUT2D eigenvalue weighted by atomic mass is 16.6. The third-order valence-electron chi connectivity index (χ3n) is 11.3. The summed E-state index contributed by atoms with van der Waals surface area (Å²) in [6.45, 7) is 6.32. The molecule has 380 valence electrons. The van der Waals surface area contributed by atoms with Crippen LogP contribution in [0, 0.1) is 0 Å². The first-order chi connectivity index (χ1) is 33.0. The highest BCUT2D eigenvalue weighted by Gasteiger charge is 2.19. The average Bonchev–Trinajstić information content (AvgIpc) is 3.33. The van der Waals surface area contributed by atoms with Crippen LogP contribution in [-0.2, 0) is 28.6 Å². The van der Waals surface area contributed by atoms with Gasteiger partial charge in [-0.25, -0.2) is 0 Å². The van der Waals surface area contributed by atoms with Crippen LogP contribution in [-0.4, -0.2) is 37.2 Å². The zero-order chi connectivity index (χ0) is 48.6. The van der Waals surface area contributed by atoms with Crippen molar-refractivity contribution in [1.29, 1.82) is 0 Å². The molecule has 0 amide bonds. The molecule has 1 unspecified atom stereocenters. The lowest BCUT2D eigenvalue weighted by atomic mass is 10.0. The molecule has 0 radical (unpaired) electrons. The Balaban J connectivity index is 4.51. The van der Waals surface area contributed by atoms with E-state index in [4.69, 9.17) is 14.2 Å². The van der Waals surface area contributed by atoms with Crippen molar-refractivity contribution in [2.45, 2.75) is 245 Å².